The van der Waals surface area contributed by atoms with Gasteiger partial charge in [0.1, 0.15) is 12.4 Å². The van der Waals surface area contributed by atoms with Crippen LogP contribution < -0.4 is 10.1 Å². The summed E-state index contributed by atoms with van der Waals surface area (Å²) < 4.78 is 5.74. The van der Waals surface area contributed by atoms with Crippen molar-refractivity contribution in [1.29, 1.82) is 0 Å². The Labute approximate surface area is 122 Å². The number of nitrogens with zero attached hydrogens (tertiary/aromatic N) is 2. The summed E-state index contributed by atoms with van der Waals surface area (Å²) in [6.07, 6.45) is 3.62. The molecule has 4 rings (SSSR count). The van der Waals surface area contributed by atoms with E-state index in [0.29, 0.717) is 12.6 Å². The second-order valence-corrected chi connectivity index (χ2v) is 5.41. The number of fused-ring (bicyclic) bond motifs is 1. The Bertz CT molecular complexity index is 792. The molecule has 0 amide bonds. The first kappa shape index (κ1) is 12.3. The SMILES string of the molecule is Cc1[nH]nc2ccc(-c3cncc(OC[C@@H]4CN4)c3)cc12. The number of hydrogen-bond donors (Lipinski definition) is 2. The minimum atomic E-state index is 0.499. The number of aryl methyl sites for hydroxylation is 1. The molecule has 3 aromatic rings. The molecule has 0 spiro atoms. The first-order valence-corrected chi connectivity index (χ1v) is 7.06. The second-order valence-electron chi connectivity index (χ2n) is 5.41. The van der Waals surface area contributed by atoms with E-state index in [9.17, 15) is 0 Å². The molecule has 0 saturated carbocycles. The molecular weight excluding hydrogens is 264 g/mol. The van der Waals surface area contributed by atoms with Gasteiger partial charge in [0.2, 0.25) is 0 Å². The summed E-state index contributed by atoms with van der Waals surface area (Å²) in [6, 6.07) is 8.75. The highest BCUT2D eigenvalue weighted by atomic mass is 16.5. The first-order chi connectivity index (χ1) is 10.3. The predicted octanol–water partition coefficient (Wildman–Crippen LogP) is 2.28. The number of aromatic amines is 1. The van der Waals surface area contributed by atoms with E-state index in [1.165, 1.54) is 0 Å². The van der Waals surface area contributed by atoms with Crippen LogP contribution in [0.5, 0.6) is 5.75 Å². The van der Waals surface area contributed by atoms with Crippen LogP contribution in [0.2, 0.25) is 0 Å². The minimum absolute atomic E-state index is 0.499. The number of nitrogens with one attached hydrogen (secondary N) is 2. The van der Waals surface area contributed by atoms with Gasteiger partial charge in [0.25, 0.3) is 0 Å². The van der Waals surface area contributed by atoms with Crippen molar-refractivity contribution in [3.05, 3.63) is 42.4 Å². The Morgan fingerprint density at radius 2 is 2.14 bits per heavy atom. The van der Waals surface area contributed by atoms with E-state index < -0.39 is 0 Å². The van der Waals surface area contributed by atoms with Crippen molar-refractivity contribution in [2.75, 3.05) is 13.2 Å². The van der Waals surface area contributed by atoms with Crippen LogP contribution in [0.15, 0.2) is 36.7 Å². The molecule has 5 heteroatoms. The van der Waals surface area contributed by atoms with Gasteiger partial charge in [-0.25, -0.2) is 0 Å². The molecule has 2 aromatic heterocycles. The standard InChI is InChI=1S/C16H16N4O/c1-10-15-5-11(2-3-16(15)20-19-10)12-4-14(8-17-6-12)21-9-13-7-18-13/h2-6,8,13,18H,7,9H2,1H3,(H,19,20)/t13-/m0/s1. The van der Waals surface area contributed by atoms with E-state index in [4.69, 9.17) is 4.74 Å². The van der Waals surface area contributed by atoms with Gasteiger partial charge >= 0.3 is 0 Å². The molecule has 1 aromatic carbocycles. The highest BCUT2D eigenvalue weighted by molar-refractivity contribution is 5.86. The fourth-order valence-electron chi connectivity index (χ4n) is 2.37. The lowest BCUT2D eigenvalue weighted by atomic mass is 10.0. The van der Waals surface area contributed by atoms with Gasteiger partial charge in [0.05, 0.1) is 17.8 Å². The third-order valence-electron chi connectivity index (χ3n) is 3.74. The van der Waals surface area contributed by atoms with Crippen LogP contribution in [0.3, 0.4) is 0 Å². The highest BCUT2D eigenvalue weighted by Gasteiger charge is 2.20. The number of pyridine rings is 1. The topological polar surface area (TPSA) is 72.7 Å². The molecule has 0 unspecified atom stereocenters. The summed E-state index contributed by atoms with van der Waals surface area (Å²) in [5, 5.41) is 11.6. The van der Waals surface area contributed by atoms with Crippen molar-refractivity contribution in [1.82, 2.24) is 20.5 Å². The Morgan fingerprint density at radius 3 is 3.00 bits per heavy atom. The van der Waals surface area contributed by atoms with Gasteiger partial charge in [-0.05, 0) is 30.7 Å². The van der Waals surface area contributed by atoms with Gasteiger partial charge < -0.3 is 10.1 Å². The Hall–Kier alpha value is -2.40. The minimum Gasteiger partial charge on any atom is -0.490 e. The Balaban J connectivity index is 1.66. The number of H-pyrrole nitrogens is 1. The zero-order chi connectivity index (χ0) is 14.2. The highest BCUT2D eigenvalue weighted by Crippen LogP contribution is 2.27. The lowest BCUT2D eigenvalue weighted by molar-refractivity contribution is 0.318. The molecule has 5 nitrogen and oxygen atoms in total. The lowest BCUT2D eigenvalue weighted by Gasteiger charge is -2.07. The molecule has 1 saturated heterocycles. The summed E-state index contributed by atoms with van der Waals surface area (Å²) in [5.74, 6) is 0.810. The molecule has 0 radical (unpaired) electrons. The predicted molar refractivity (Wildman–Crippen MR) is 81.3 cm³/mol. The number of ether oxygens (including phenoxy) is 1. The molecular formula is C16H16N4O. The van der Waals surface area contributed by atoms with Crippen molar-refractivity contribution in [2.24, 2.45) is 0 Å². The van der Waals surface area contributed by atoms with Gasteiger partial charge in [-0.3, -0.25) is 10.1 Å². The normalized spacial score (nSPS) is 17.1. The fraction of sp³-hybridized carbons (Fsp3) is 0.250. The van der Waals surface area contributed by atoms with Crippen molar-refractivity contribution in [3.8, 4) is 16.9 Å². The van der Waals surface area contributed by atoms with Crippen LogP contribution in [0, 0.1) is 6.92 Å². The van der Waals surface area contributed by atoms with E-state index in [2.05, 4.69) is 32.6 Å². The fourth-order valence-corrected chi connectivity index (χ4v) is 2.37. The average Bonchev–Trinajstić information content (AvgIpc) is 3.29. The first-order valence-electron chi connectivity index (χ1n) is 7.06. The zero-order valence-electron chi connectivity index (χ0n) is 11.8. The van der Waals surface area contributed by atoms with Crippen LogP contribution in [-0.4, -0.2) is 34.4 Å². The molecule has 3 heterocycles. The third kappa shape index (κ3) is 2.48. The maximum absolute atomic E-state index is 5.74. The molecule has 2 N–H and O–H groups in total. The van der Waals surface area contributed by atoms with Crippen molar-refractivity contribution >= 4 is 10.9 Å². The molecule has 1 atom stereocenters. The molecule has 1 fully saturated rings. The van der Waals surface area contributed by atoms with E-state index in [-0.39, 0.29) is 0 Å². The number of aromatic nitrogens is 3. The van der Waals surface area contributed by atoms with Crippen molar-refractivity contribution < 1.29 is 4.74 Å². The van der Waals surface area contributed by atoms with Crippen molar-refractivity contribution in [2.45, 2.75) is 13.0 Å². The van der Waals surface area contributed by atoms with E-state index >= 15 is 0 Å². The summed E-state index contributed by atoms with van der Waals surface area (Å²) in [4.78, 5) is 4.28. The van der Waals surface area contributed by atoms with Crippen LogP contribution in [0.4, 0.5) is 0 Å². The summed E-state index contributed by atoms with van der Waals surface area (Å²) in [5.41, 5.74) is 4.23. The second kappa shape index (κ2) is 4.86. The molecule has 1 aliphatic rings. The van der Waals surface area contributed by atoms with Gasteiger partial charge in [-0.2, -0.15) is 5.10 Å². The van der Waals surface area contributed by atoms with Gasteiger partial charge in [0.15, 0.2) is 0 Å². The van der Waals surface area contributed by atoms with Crippen molar-refractivity contribution in [3.63, 3.8) is 0 Å². The molecule has 106 valence electrons. The quantitative estimate of drug-likeness (QED) is 0.719. The monoisotopic (exact) mass is 280 g/mol. The van der Waals surface area contributed by atoms with Gasteiger partial charge in [-0.1, -0.05) is 6.07 Å². The van der Waals surface area contributed by atoms with Crippen LogP contribution >= 0.6 is 0 Å². The molecule has 0 bridgehead atoms. The number of benzene rings is 1. The summed E-state index contributed by atoms with van der Waals surface area (Å²) in [6.45, 7) is 3.77. The van der Waals surface area contributed by atoms with Crippen LogP contribution in [0.1, 0.15) is 5.69 Å². The maximum atomic E-state index is 5.74. The average molecular weight is 280 g/mol. The van der Waals surface area contributed by atoms with Gasteiger partial charge in [0, 0.05) is 29.4 Å². The molecule has 21 heavy (non-hydrogen) atoms. The third-order valence-corrected chi connectivity index (χ3v) is 3.74. The number of rotatable bonds is 4. The Kier molecular flexibility index (Phi) is 2.86. The van der Waals surface area contributed by atoms with E-state index in [0.717, 1.165) is 40.0 Å². The number of hydrogen-bond acceptors (Lipinski definition) is 4. The van der Waals surface area contributed by atoms with Gasteiger partial charge in [-0.15, -0.1) is 0 Å². The maximum Gasteiger partial charge on any atom is 0.138 e. The molecule has 1 aliphatic heterocycles. The Morgan fingerprint density at radius 1 is 1.24 bits per heavy atom. The largest absolute Gasteiger partial charge is 0.490 e. The van der Waals surface area contributed by atoms with Crippen LogP contribution in [-0.2, 0) is 0 Å². The summed E-state index contributed by atoms with van der Waals surface area (Å²) in [7, 11) is 0. The lowest BCUT2D eigenvalue weighted by Crippen LogP contribution is -2.06. The van der Waals surface area contributed by atoms with Crippen LogP contribution in [0.25, 0.3) is 22.0 Å². The summed E-state index contributed by atoms with van der Waals surface area (Å²) >= 11 is 0. The smallest absolute Gasteiger partial charge is 0.138 e. The van der Waals surface area contributed by atoms with E-state index in [1.54, 1.807) is 6.20 Å². The zero-order valence-corrected chi connectivity index (χ0v) is 11.8. The molecule has 0 aliphatic carbocycles. The van der Waals surface area contributed by atoms with E-state index in [1.807, 2.05) is 25.3 Å².